The van der Waals surface area contributed by atoms with E-state index in [1.54, 1.807) is 23.1 Å². The van der Waals surface area contributed by atoms with Crippen LogP contribution in [-0.2, 0) is 0 Å². The number of aryl methyl sites for hydroxylation is 1. The number of aromatic nitrogens is 2. The lowest BCUT2D eigenvalue weighted by Crippen LogP contribution is -2.44. The van der Waals surface area contributed by atoms with Gasteiger partial charge in [0.1, 0.15) is 5.69 Å². The summed E-state index contributed by atoms with van der Waals surface area (Å²) in [6.07, 6.45) is 0.865. The van der Waals surface area contributed by atoms with Crippen molar-refractivity contribution in [1.82, 2.24) is 19.6 Å². The Kier molecular flexibility index (Phi) is 3.77. The van der Waals surface area contributed by atoms with Crippen LogP contribution in [0.1, 0.15) is 16.2 Å². The molecule has 1 fully saturated rings. The molecule has 2 aromatic heterocycles. The molecule has 1 aliphatic rings. The van der Waals surface area contributed by atoms with Gasteiger partial charge in [0.15, 0.2) is 4.96 Å². The Morgan fingerprint density at radius 2 is 2.38 bits per heavy atom. The monoisotopic (exact) mass is 326 g/mol. The maximum Gasteiger partial charge on any atom is 0.408 e. The van der Waals surface area contributed by atoms with Crippen LogP contribution in [0.2, 0.25) is 0 Å². The summed E-state index contributed by atoms with van der Waals surface area (Å²) in [5, 5.41) is 13.8. The molecule has 2 amide bonds. The molecule has 9 heteroatoms. The summed E-state index contributed by atoms with van der Waals surface area (Å²) < 4.78 is 1.76. The van der Waals surface area contributed by atoms with Gasteiger partial charge in [-0.25, -0.2) is 9.78 Å². The van der Waals surface area contributed by atoms with Crippen molar-refractivity contribution in [2.45, 2.75) is 13.0 Å². The highest BCUT2D eigenvalue weighted by atomic mass is 32.2. The number of rotatable bonds is 3. The maximum absolute atomic E-state index is 12.3. The molecule has 112 valence electrons. The smallest absolute Gasteiger partial charge is 0.408 e. The Morgan fingerprint density at radius 1 is 1.57 bits per heavy atom. The van der Waals surface area contributed by atoms with Gasteiger partial charge in [0.25, 0.3) is 5.91 Å². The predicted octanol–water partition coefficient (Wildman–Crippen LogP) is 1.49. The molecule has 1 saturated heterocycles. The van der Waals surface area contributed by atoms with Crippen molar-refractivity contribution in [2.24, 2.45) is 0 Å². The van der Waals surface area contributed by atoms with Gasteiger partial charge in [-0.3, -0.25) is 14.1 Å². The second kappa shape index (κ2) is 5.57. The van der Waals surface area contributed by atoms with Crippen LogP contribution < -0.4 is 5.32 Å². The predicted molar refractivity (Wildman–Crippen MR) is 81.1 cm³/mol. The Hall–Kier alpha value is -1.74. The number of thiazole rings is 1. The van der Waals surface area contributed by atoms with Gasteiger partial charge in [-0.15, -0.1) is 23.1 Å². The van der Waals surface area contributed by atoms with E-state index in [2.05, 4.69) is 10.3 Å². The molecule has 0 saturated carbocycles. The van der Waals surface area contributed by atoms with Crippen LogP contribution >= 0.6 is 23.1 Å². The summed E-state index contributed by atoms with van der Waals surface area (Å²) in [6.45, 7) is 2.11. The Labute approximate surface area is 129 Å². The van der Waals surface area contributed by atoms with E-state index in [1.807, 2.05) is 11.6 Å². The van der Waals surface area contributed by atoms with Gasteiger partial charge in [0.05, 0.1) is 17.6 Å². The minimum absolute atomic E-state index is 0.178. The Bertz CT molecular complexity index is 696. The molecule has 0 spiro atoms. The number of carbonyl (C=O) groups is 2. The molecule has 0 aliphatic carbocycles. The van der Waals surface area contributed by atoms with Gasteiger partial charge < -0.3 is 10.4 Å². The zero-order valence-corrected chi connectivity index (χ0v) is 12.9. The zero-order valence-electron chi connectivity index (χ0n) is 11.3. The standard InChI is InChI=1S/C12H14N4O3S2/c1-7-9(15-2-3-21-11(15)14-7)10(17)13-4-8-5-20-6-16(8)12(18)19/h2-3,8H,4-6H2,1H3,(H,13,17)(H,18,19)/t8-/m1/s1. The molecule has 0 aromatic carbocycles. The lowest BCUT2D eigenvalue weighted by atomic mass is 10.2. The highest BCUT2D eigenvalue weighted by Gasteiger charge is 2.29. The van der Waals surface area contributed by atoms with Crippen molar-refractivity contribution in [1.29, 1.82) is 0 Å². The van der Waals surface area contributed by atoms with Crippen LogP contribution in [0.4, 0.5) is 4.79 Å². The number of hydrogen-bond donors (Lipinski definition) is 2. The van der Waals surface area contributed by atoms with Crippen molar-refractivity contribution in [3.63, 3.8) is 0 Å². The molecule has 1 atom stereocenters. The van der Waals surface area contributed by atoms with Crippen molar-refractivity contribution in [3.05, 3.63) is 23.0 Å². The fourth-order valence-corrected chi connectivity index (χ4v) is 4.28. The summed E-state index contributed by atoms with van der Waals surface area (Å²) >= 11 is 3.02. The first-order chi connectivity index (χ1) is 10.1. The van der Waals surface area contributed by atoms with E-state index in [0.717, 1.165) is 4.96 Å². The third-order valence-corrected chi connectivity index (χ3v) is 5.21. The zero-order chi connectivity index (χ0) is 15.0. The number of carbonyl (C=O) groups excluding carboxylic acids is 1. The van der Waals surface area contributed by atoms with Gasteiger partial charge in [-0.1, -0.05) is 0 Å². The lowest BCUT2D eigenvalue weighted by Gasteiger charge is -2.20. The van der Waals surface area contributed by atoms with Crippen LogP contribution in [0.25, 0.3) is 4.96 Å². The van der Waals surface area contributed by atoms with E-state index in [1.165, 1.54) is 16.2 Å². The molecule has 2 N–H and O–H groups in total. The summed E-state index contributed by atoms with van der Waals surface area (Å²) in [4.78, 5) is 29.9. The van der Waals surface area contributed by atoms with Gasteiger partial charge in [0.2, 0.25) is 0 Å². The van der Waals surface area contributed by atoms with E-state index in [0.29, 0.717) is 29.6 Å². The van der Waals surface area contributed by atoms with Crippen LogP contribution in [0.5, 0.6) is 0 Å². The Balaban J connectivity index is 1.71. The number of nitrogens with zero attached hydrogens (tertiary/aromatic N) is 3. The normalized spacial score (nSPS) is 18.3. The fourth-order valence-electron chi connectivity index (χ4n) is 2.32. The minimum atomic E-state index is -0.944. The fraction of sp³-hybridized carbons (Fsp3) is 0.417. The quantitative estimate of drug-likeness (QED) is 0.892. The number of thioether (sulfide) groups is 1. The summed E-state index contributed by atoms with van der Waals surface area (Å²) in [5.74, 6) is 0.933. The molecule has 0 radical (unpaired) electrons. The largest absolute Gasteiger partial charge is 0.465 e. The second-order valence-electron chi connectivity index (χ2n) is 4.72. The third kappa shape index (κ3) is 2.58. The van der Waals surface area contributed by atoms with Crippen LogP contribution in [-0.4, -0.2) is 55.6 Å². The first-order valence-corrected chi connectivity index (χ1v) is 8.39. The summed E-state index contributed by atoms with van der Waals surface area (Å²) in [5.41, 5.74) is 1.19. The maximum atomic E-state index is 12.3. The lowest BCUT2D eigenvalue weighted by molar-refractivity contribution is 0.0929. The van der Waals surface area contributed by atoms with Crippen molar-refractivity contribution in [2.75, 3.05) is 18.2 Å². The molecule has 3 heterocycles. The summed E-state index contributed by atoms with van der Waals surface area (Å²) in [7, 11) is 0. The topological polar surface area (TPSA) is 86.9 Å². The SMILES string of the molecule is Cc1nc2sccn2c1C(=O)NC[C@@H]1CSCN1C(=O)O. The number of amides is 2. The number of imidazole rings is 1. The van der Waals surface area contributed by atoms with Gasteiger partial charge in [-0.05, 0) is 6.92 Å². The van der Waals surface area contributed by atoms with Crippen molar-refractivity contribution >= 4 is 40.1 Å². The van der Waals surface area contributed by atoms with Crippen LogP contribution in [0, 0.1) is 6.92 Å². The van der Waals surface area contributed by atoms with E-state index in [9.17, 15) is 9.59 Å². The number of fused-ring (bicyclic) bond motifs is 1. The molecule has 0 unspecified atom stereocenters. The molecule has 21 heavy (non-hydrogen) atoms. The van der Waals surface area contributed by atoms with Gasteiger partial charge in [-0.2, -0.15) is 0 Å². The molecule has 3 rings (SSSR count). The van der Waals surface area contributed by atoms with E-state index < -0.39 is 6.09 Å². The number of hydrogen-bond acceptors (Lipinski definition) is 5. The van der Waals surface area contributed by atoms with Crippen molar-refractivity contribution < 1.29 is 14.7 Å². The second-order valence-corrected chi connectivity index (χ2v) is 6.59. The van der Waals surface area contributed by atoms with Gasteiger partial charge in [0, 0.05) is 23.9 Å². The molecule has 0 bridgehead atoms. The van der Waals surface area contributed by atoms with E-state index in [4.69, 9.17) is 5.11 Å². The molecule has 7 nitrogen and oxygen atoms in total. The summed E-state index contributed by atoms with van der Waals surface area (Å²) in [6, 6.07) is -0.178. The average Bonchev–Trinajstić information content (AvgIpc) is 3.10. The van der Waals surface area contributed by atoms with Crippen LogP contribution in [0.3, 0.4) is 0 Å². The highest BCUT2D eigenvalue weighted by molar-refractivity contribution is 7.99. The van der Waals surface area contributed by atoms with Crippen LogP contribution in [0.15, 0.2) is 11.6 Å². The van der Waals surface area contributed by atoms with E-state index >= 15 is 0 Å². The van der Waals surface area contributed by atoms with Crippen molar-refractivity contribution in [3.8, 4) is 0 Å². The molecular weight excluding hydrogens is 312 g/mol. The Morgan fingerprint density at radius 3 is 3.14 bits per heavy atom. The highest BCUT2D eigenvalue weighted by Crippen LogP contribution is 2.21. The number of carboxylic acid groups (broad SMARTS) is 1. The first-order valence-electron chi connectivity index (χ1n) is 6.35. The molecule has 1 aliphatic heterocycles. The number of nitrogens with one attached hydrogen (secondary N) is 1. The molecular formula is C12H14N4O3S2. The van der Waals surface area contributed by atoms with Gasteiger partial charge >= 0.3 is 6.09 Å². The van der Waals surface area contributed by atoms with E-state index in [-0.39, 0.29) is 11.9 Å². The average molecular weight is 326 g/mol. The molecule has 2 aromatic rings. The first kappa shape index (κ1) is 14.2. The third-order valence-electron chi connectivity index (χ3n) is 3.38. The minimum Gasteiger partial charge on any atom is -0.465 e.